The number of nitrogens with zero attached hydrogens (tertiary/aromatic N) is 1. The lowest BCUT2D eigenvalue weighted by atomic mass is 10.1. The van der Waals surface area contributed by atoms with Gasteiger partial charge in [-0.05, 0) is 37.3 Å². The molecule has 0 aliphatic heterocycles. The molecule has 0 aromatic heterocycles. The molecule has 2 N–H and O–H groups in total. The van der Waals surface area contributed by atoms with Crippen molar-refractivity contribution in [2.24, 2.45) is 5.73 Å². The summed E-state index contributed by atoms with van der Waals surface area (Å²) in [6, 6.07) is 8.95. The molecule has 1 fully saturated rings. The Morgan fingerprint density at radius 3 is 2.30 bits per heavy atom. The molecular formula is C16H25ClN2O. The van der Waals surface area contributed by atoms with E-state index in [1.165, 1.54) is 11.1 Å². The van der Waals surface area contributed by atoms with Gasteiger partial charge in [0.25, 0.3) is 0 Å². The van der Waals surface area contributed by atoms with Crippen LogP contribution in [-0.2, 0) is 17.8 Å². The van der Waals surface area contributed by atoms with Crippen LogP contribution >= 0.6 is 12.4 Å². The minimum atomic E-state index is -0.0591. The highest BCUT2D eigenvalue weighted by molar-refractivity contribution is 5.85. The van der Waals surface area contributed by atoms with Crippen molar-refractivity contribution >= 4 is 18.3 Å². The summed E-state index contributed by atoms with van der Waals surface area (Å²) in [5, 5.41) is 0. The average molecular weight is 297 g/mol. The molecule has 3 nitrogen and oxygen atoms in total. The zero-order chi connectivity index (χ0) is 13.8. The first-order valence-corrected chi connectivity index (χ1v) is 7.23. The van der Waals surface area contributed by atoms with Crippen LogP contribution in [0, 0.1) is 0 Å². The number of carbonyl (C=O) groups is 1. The van der Waals surface area contributed by atoms with Gasteiger partial charge in [0.1, 0.15) is 0 Å². The molecule has 1 aromatic carbocycles. The molecule has 1 aliphatic carbocycles. The molecule has 0 heterocycles. The molecule has 1 aliphatic rings. The summed E-state index contributed by atoms with van der Waals surface area (Å²) in [6.07, 6.45) is 3.77. The number of nitrogens with two attached hydrogens (primary N) is 1. The van der Waals surface area contributed by atoms with Crippen molar-refractivity contribution in [2.45, 2.75) is 58.2 Å². The second kappa shape index (κ2) is 7.65. The van der Waals surface area contributed by atoms with Crippen LogP contribution in [0.2, 0.25) is 0 Å². The number of amides is 1. The second-order valence-corrected chi connectivity index (χ2v) is 5.60. The quantitative estimate of drug-likeness (QED) is 0.877. The molecule has 0 spiro atoms. The summed E-state index contributed by atoms with van der Waals surface area (Å²) in [4.78, 5) is 14.2. The van der Waals surface area contributed by atoms with Crippen LogP contribution in [0.25, 0.3) is 0 Å². The zero-order valence-corrected chi connectivity index (χ0v) is 13.2. The van der Waals surface area contributed by atoms with E-state index in [1.807, 2.05) is 11.8 Å². The van der Waals surface area contributed by atoms with E-state index in [0.29, 0.717) is 12.5 Å². The summed E-state index contributed by atoms with van der Waals surface area (Å²) < 4.78 is 0. The Morgan fingerprint density at radius 2 is 1.85 bits per heavy atom. The van der Waals surface area contributed by atoms with Gasteiger partial charge in [0.2, 0.25) is 5.91 Å². The number of aryl methyl sites for hydroxylation is 1. The predicted octanol–water partition coefficient (Wildman–Crippen LogP) is 2.90. The van der Waals surface area contributed by atoms with Gasteiger partial charge in [0.15, 0.2) is 0 Å². The van der Waals surface area contributed by atoms with Crippen LogP contribution < -0.4 is 5.73 Å². The highest BCUT2D eigenvalue weighted by Crippen LogP contribution is 2.29. The molecular weight excluding hydrogens is 272 g/mol. The minimum Gasteiger partial charge on any atom is -0.335 e. The number of rotatable bonds is 6. The van der Waals surface area contributed by atoms with Crippen LogP contribution in [0.15, 0.2) is 24.3 Å². The Kier molecular flexibility index (Phi) is 6.50. The minimum absolute atomic E-state index is 0. The normalized spacial score (nSPS) is 15.3. The topological polar surface area (TPSA) is 46.3 Å². The molecule has 1 atom stereocenters. The monoisotopic (exact) mass is 296 g/mol. The molecule has 1 saturated carbocycles. The number of benzene rings is 1. The highest BCUT2D eigenvalue weighted by atomic mass is 35.5. The van der Waals surface area contributed by atoms with Crippen LogP contribution in [0.4, 0.5) is 0 Å². The summed E-state index contributed by atoms with van der Waals surface area (Å²) in [5.41, 5.74) is 8.28. The van der Waals surface area contributed by atoms with Crippen molar-refractivity contribution in [2.75, 3.05) is 0 Å². The maximum absolute atomic E-state index is 12.2. The van der Waals surface area contributed by atoms with Crippen molar-refractivity contribution in [1.82, 2.24) is 4.90 Å². The van der Waals surface area contributed by atoms with Gasteiger partial charge in [0.05, 0.1) is 0 Å². The molecule has 0 saturated heterocycles. The molecule has 0 radical (unpaired) electrons. The highest BCUT2D eigenvalue weighted by Gasteiger charge is 2.32. The van der Waals surface area contributed by atoms with Crippen molar-refractivity contribution in [3.8, 4) is 0 Å². The van der Waals surface area contributed by atoms with Crippen molar-refractivity contribution < 1.29 is 4.79 Å². The summed E-state index contributed by atoms with van der Waals surface area (Å²) in [6.45, 7) is 4.76. The van der Waals surface area contributed by atoms with Gasteiger partial charge in [-0.15, -0.1) is 12.4 Å². The SMILES string of the molecule is CCc1ccc(CN(C(=O)CC(C)N)C2CC2)cc1.Cl. The predicted molar refractivity (Wildman–Crippen MR) is 84.9 cm³/mol. The van der Waals surface area contributed by atoms with E-state index in [4.69, 9.17) is 5.73 Å². The standard InChI is InChI=1S/C16H24N2O.ClH/c1-3-13-4-6-14(7-5-13)11-18(15-8-9-15)16(19)10-12(2)17;/h4-7,12,15H,3,8-11,17H2,1-2H3;1H. The Bertz CT molecular complexity index is 427. The maximum Gasteiger partial charge on any atom is 0.224 e. The third-order valence-corrected chi connectivity index (χ3v) is 3.59. The Labute approximate surface area is 127 Å². The Hall–Kier alpha value is -1.06. The maximum atomic E-state index is 12.2. The van der Waals surface area contributed by atoms with E-state index in [-0.39, 0.29) is 24.4 Å². The lowest BCUT2D eigenvalue weighted by molar-refractivity contribution is -0.132. The third kappa shape index (κ3) is 4.80. The fraction of sp³-hybridized carbons (Fsp3) is 0.562. The first-order valence-electron chi connectivity index (χ1n) is 7.23. The van der Waals surface area contributed by atoms with Crippen molar-refractivity contribution in [1.29, 1.82) is 0 Å². The molecule has 4 heteroatoms. The Morgan fingerprint density at radius 1 is 1.30 bits per heavy atom. The van der Waals surface area contributed by atoms with Gasteiger partial charge in [0, 0.05) is 25.0 Å². The van der Waals surface area contributed by atoms with E-state index in [1.54, 1.807) is 0 Å². The Balaban J connectivity index is 0.00000200. The molecule has 1 aromatic rings. The second-order valence-electron chi connectivity index (χ2n) is 5.60. The van der Waals surface area contributed by atoms with Crippen molar-refractivity contribution in [3.63, 3.8) is 0 Å². The third-order valence-electron chi connectivity index (χ3n) is 3.59. The molecule has 2 rings (SSSR count). The fourth-order valence-electron chi connectivity index (χ4n) is 2.28. The van der Waals surface area contributed by atoms with Gasteiger partial charge in [-0.3, -0.25) is 4.79 Å². The smallest absolute Gasteiger partial charge is 0.224 e. The van der Waals surface area contributed by atoms with Gasteiger partial charge >= 0.3 is 0 Å². The lowest BCUT2D eigenvalue weighted by Crippen LogP contribution is -2.36. The zero-order valence-electron chi connectivity index (χ0n) is 12.3. The molecule has 0 bridgehead atoms. The average Bonchev–Trinajstić information content (AvgIpc) is 3.20. The summed E-state index contributed by atoms with van der Waals surface area (Å²) >= 11 is 0. The van der Waals surface area contributed by atoms with Gasteiger partial charge in [-0.25, -0.2) is 0 Å². The number of carbonyl (C=O) groups excluding carboxylic acids is 1. The van der Waals surface area contributed by atoms with E-state index < -0.39 is 0 Å². The summed E-state index contributed by atoms with van der Waals surface area (Å²) in [5.74, 6) is 0.192. The first-order chi connectivity index (χ1) is 9.10. The largest absolute Gasteiger partial charge is 0.335 e. The molecule has 20 heavy (non-hydrogen) atoms. The van der Waals surface area contributed by atoms with Crippen LogP contribution in [-0.4, -0.2) is 22.9 Å². The van der Waals surface area contributed by atoms with Gasteiger partial charge in [-0.1, -0.05) is 31.2 Å². The molecule has 1 amide bonds. The van der Waals surface area contributed by atoms with E-state index in [2.05, 4.69) is 31.2 Å². The fourth-order valence-corrected chi connectivity index (χ4v) is 2.28. The lowest BCUT2D eigenvalue weighted by Gasteiger charge is -2.23. The van der Waals surface area contributed by atoms with Crippen LogP contribution in [0.5, 0.6) is 0 Å². The van der Waals surface area contributed by atoms with E-state index in [0.717, 1.165) is 25.8 Å². The van der Waals surface area contributed by atoms with Crippen LogP contribution in [0.1, 0.15) is 44.2 Å². The molecule has 112 valence electrons. The first kappa shape index (κ1) is 17.0. The van der Waals surface area contributed by atoms with Gasteiger partial charge in [-0.2, -0.15) is 0 Å². The number of halogens is 1. The summed E-state index contributed by atoms with van der Waals surface area (Å²) in [7, 11) is 0. The van der Waals surface area contributed by atoms with Gasteiger partial charge < -0.3 is 10.6 Å². The number of hydrogen-bond acceptors (Lipinski definition) is 2. The van der Waals surface area contributed by atoms with Crippen molar-refractivity contribution in [3.05, 3.63) is 35.4 Å². The number of hydrogen-bond donors (Lipinski definition) is 1. The van der Waals surface area contributed by atoms with E-state index >= 15 is 0 Å². The van der Waals surface area contributed by atoms with E-state index in [9.17, 15) is 4.79 Å². The molecule has 1 unspecified atom stereocenters. The van der Waals surface area contributed by atoms with Crippen LogP contribution in [0.3, 0.4) is 0 Å².